The van der Waals surface area contributed by atoms with E-state index in [4.69, 9.17) is 16.9 Å². The van der Waals surface area contributed by atoms with Gasteiger partial charge >= 0.3 is 0 Å². The average Bonchev–Trinajstić information content (AvgIpc) is 3.31. The third-order valence-electron chi connectivity index (χ3n) is 5.07. The number of rotatable bonds is 6. The number of halogens is 1. The third-order valence-corrected chi connectivity index (χ3v) is 6.20. The van der Waals surface area contributed by atoms with Crippen molar-refractivity contribution < 1.29 is 4.79 Å². The highest BCUT2D eigenvalue weighted by Gasteiger charge is 2.15. The molecular weight excluding hydrogens is 482 g/mol. The zero-order valence-electron chi connectivity index (χ0n) is 19.0. The molecular formula is C25H22ClN7OS. The molecule has 3 N–H and O–H groups in total. The molecule has 0 aliphatic rings. The normalized spacial score (nSPS) is 11.1. The quantitative estimate of drug-likeness (QED) is 0.179. The molecule has 1 amide bonds. The van der Waals surface area contributed by atoms with Crippen LogP contribution in [0.5, 0.6) is 0 Å². The number of fused-ring (bicyclic) bond motifs is 1. The molecule has 2 aromatic heterocycles. The van der Waals surface area contributed by atoms with Gasteiger partial charge in [0.2, 0.25) is 12.2 Å². The number of amides is 1. The minimum Gasteiger partial charge on any atom is -0.380 e. The predicted molar refractivity (Wildman–Crippen MR) is 143 cm³/mol. The van der Waals surface area contributed by atoms with Gasteiger partial charge in [-0.1, -0.05) is 29.8 Å². The molecule has 0 spiro atoms. The smallest absolute Gasteiger partial charge is 0.267 e. The summed E-state index contributed by atoms with van der Waals surface area (Å²) in [4.78, 5) is 23.5. The van der Waals surface area contributed by atoms with Gasteiger partial charge in [-0.15, -0.1) is 16.3 Å². The van der Waals surface area contributed by atoms with Crippen LogP contribution in [0.1, 0.15) is 15.2 Å². The van der Waals surface area contributed by atoms with Crippen molar-refractivity contribution in [1.82, 2.24) is 9.88 Å². The van der Waals surface area contributed by atoms with Gasteiger partial charge in [-0.3, -0.25) is 9.78 Å². The number of benzene rings is 2. The van der Waals surface area contributed by atoms with Crippen LogP contribution >= 0.6 is 22.9 Å². The highest BCUT2D eigenvalue weighted by Crippen LogP contribution is 2.28. The number of anilines is 3. The summed E-state index contributed by atoms with van der Waals surface area (Å²) in [5.41, 5.74) is 3.86. The minimum absolute atomic E-state index is 0.256. The van der Waals surface area contributed by atoms with Gasteiger partial charge in [-0.2, -0.15) is 5.26 Å². The molecule has 4 aromatic rings. The van der Waals surface area contributed by atoms with E-state index in [2.05, 4.69) is 25.9 Å². The Kier molecular flexibility index (Phi) is 7.45. The summed E-state index contributed by atoms with van der Waals surface area (Å²) in [7, 11) is 3.52. The van der Waals surface area contributed by atoms with Crippen molar-refractivity contribution in [3.05, 3.63) is 81.6 Å². The van der Waals surface area contributed by atoms with E-state index in [-0.39, 0.29) is 5.91 Å². The standard InChI is InChI=1S/C25H22ClN7OS/c1-33(2)25(30-15-27)32-19-12-17(26)11-18(13-19)31-24(34)23-22(8-10-35-23)29-14-16-7-9-28-21-6-4-3-5-20(16)21/h3-13,29H,14H2,1-2H3,(H,30,32)(H,31,34). The van der Waals surface area contributed by atoms with E-state index in [0.717, 1.165) is 22.2 Å². The maximum Gasteiger partial charge on any atom is 0.267 e. The zero-order chi connectivity index (χ0) is 24.8. The molecule has 176 valence electrons. The van der Waals surface area contributed by atoms with Crippen molar-refractivity contribution in [2.24, 2.45) is 4.99 Å². The van der Waals surface area contributed by atoms with Gasteiger partial charge in [0.1, 0.15) is 4.88 Å². The number of aromatic nitrogens is 1. The molecule has 0 saturated heterocycles. The molecule has 0 unspecified atom stereocenters. The van der Waals surface area contributed by atoms with Gasteiger partial charge in [0.25, 0.3) is 5.91 Å². The van der Waals surface area contributed by atoms with Crippen LogP contribution in [0.3, 0.4) is 0 Å². The zero-order valence-corrected chi connectivity index (χ0v) is 20.6. The summed E-state index contributed by atoms with van der Waals surface area (Å²) in [6.07, 6.45) is 3.55. The largest absolute Gasteiger partial charge is 0.380 e. The Morgan fingerprint density at radius 2 is 1.91 bits per heavy atom. The Hall–Kier alpha value is -4.13. The summed E-state index contributed by atoms with van der Waals surface area (Å²) < 4.78 is 0. The SMILES string of the molecule is CN(C)/C(=N\C#N)Nc1cc(Cl)cc(NC(=O)c2sccc2NCc2ccnc3ccccc23)c1. The second-order valence-electron chi connectivity index (χ2n) is 7.74. The van der Waals surface area contributed by atoms with E-state index in [1.165, 1.54) is 11.3 Å². The Balaban J connectivity index is 1.49. The van der Waals surface area contributed by atoms with Crippen LogP contribution in [0.4, 0.5) is 17.1 Å². The number of nitrogens with zero attached hydrogens (tertiary/aromatic N) is 4. The second kappa shape index (κ2) is 10.9. The molecule has 0 atom stereocenters. The highest BCUT2D eigenvalue weighted by molar-refractivity contribution is 7.12. The molecule has 0 fully saturated rings. The van der Waals surface area contributed by atoms with Gasteiger partial charge in [0, 0.05) is 48.6 Å². The number of thiophene rings is 1. The van der Waals surface area contributed by atoms with Gasteiger partial charge in [0.05, 0.1) is 11.2 Å². The summed E-state index contributed by atoms with van der Waals surface area (Å²) >= 11 is 7.62. The number of hydrogen-bond acceptors (Lipinski definition) is 6. The highest BCUT2D eigenvalue weighted by atomic mass is 35.5. The number of nitrogens with one attached hydrogen (secondary N) is 3. The Bertz CT molecular complexity index is 1440. The van der Waals surface area contributed by atoms with Crippen molar-refractivity contribution >= 4 is 62.8 Å². The molecule has 0 aliphatic carbocycles. The molecule has 0 aliphatic heterocycles. The topological polar surface area (TPSA) is 105 Å². The van der Waals surface area contributed by atoms with Crippen molar-refractivity contribution in [3.63, 3.8) is 0 Å². The van der Waals surface area contributed by atoms with Gasteiger partial charge in [-0.25, -0.2) is 0 Å². The lowest BCUT2D eigenvalue weighted by molar-refractivity contribution is 0.103. The number of para-hydroxylation sites is 1. The van der Waals surface area contributed by atoms with Crippen molar-refractivity contribution in [2.45, 2.75) is 6.54 Å². The molecule has 2 aromatic carbocycles. The molecule has 0 bridgehead atoms. The Labute approximate surface area is 211 Å². The monoisotopic (exact) mass is 503 g/mol. The van der Waals surface area contributed by atoms with E-state index >= 15 is 0 Å². The molecule has 2 heterocycles. The first kappa shape index (κ1) is 24.0. The summed E-state index contributed by atoms with van der Waals surface area (Å²) in [6, 6.07) is 16.9. The van der Waals surface area contributed by atoms with Gasteiger partial charge < -0.3 is 20.9 Å². The van der Waals surface area contributed by atoms with Crippen LogP contribution in [0.2, 0.25) is 5.02 Å². The molecule has 0 saturated carbocycles. The third kappa shape index (κ3) is 5.87. The molecule has 8 nitrogen and oxygen atoms in total. The van der Waals surface area contributed by atoms with Crippen LogP contribution in [0.15, 0.2) is 71.2 Å². The summed E-state index contributed by atoms with van der Waals surface area (Å²) in [5, 5.41) is 21.6. The van der Waals surface area contributed by atoms with E-state index < -0.39 is 0 Å². The fourth-order valence-electron chi connectivity index (χ4n) is 3.46. The average molecular weight is 504 g/mol. The van der Waals surface area contributed by atoms with Crippen molar-refractivity contribution in [3.8, 4) is 6.19 Å². The molecule has 0 radical (unpaired) electrons. The summed E-state index contributed by atoms with van der Waals surface area (Å²) in [5.74, 6) is 0.0919. The van der Waals surface area contributed by atoms with E-state index in [1.807, 2.05) is 41.8 Å². The van der Waals surface area contributed by atoms with Crippen LogP contribution < -0.4 is 16.0 Å². The van der Waals surface area contributed by atoms with Crippen LogP contribution in [0.25, 0.3) is 10.9 Å². The van der Waals surface area contributed by atoms with Gasteiger partial charge in [0.15, 0.2) is 0 Å². The maximum atomic E-state index is 13.1. The first-order valence-corrected chi connectivity index (χ1v) is 11.9. The number of guanidine groups is 1. The lowest BCUT2D eigenvalue weighted by Crippen LogP contribution is -2.29. The van der Waals surface area contributed by atoms with Crippen LogP contribution in [-0.2, 0) is 6.54 Å². The molecule has 10 heteroatoms. The van der Waals surface area contributed by atoms with E-state index in [9.17, 15) is 4.79 Å². The number of aliphatic imine (C=N–C) groups is 1. The van der Waals surface area contributed by atoms with Crippen molar-refractivity contribution in [2.75, 3.05) is 30.0 Å². The minimum atomic E-state index is -0.256. The first-order chi connectivity index (χ1) is 16.9. The van der Waals surface area contributed by atoms with Crippen molar-refractivity contribution in [1.29, 1.82) is 5.26 Å². The Morgan fingerprint density at radius 3 is 2.69 bits per heavy atom. The fraction of sp³-hybridized carbons (Fsp3) is 0.120. The number of carbonyl (C=O) groups is 1. The predicted octanol–water partition coefficient (Wildman–Crippen LogP) is 5.62. The summed E-state index contributed by atoms with van der Waals surface area (Å²) in [6.45, 7) is 0.552. The number of carbonyl (C=O) groups excluding carboxylic acids is 1. The van der Waals surface area contributed by atoms with E-state index in [1.54, 1.807) is 49.6 Å². The number of pyridine rings is 1. The van der Waals surface area contributed by atoms with E-state index in [0.29, 0.717) is 33.8 Å². The first-order valence-electron chi connectivity index (χ1n) is 10.6. The fourth-order valence-corrected chi connectivity index (χ4v) is 4.46. The second-order valence-corrected chi connectivity index (χ2v) is 9.09. The lowest BCUT2D eigenvalue weighted by atomic mass is 10.1. The van der Waals surface area contributed by atoms with Crippen LogP contribution in [0, 0.1) is 11.5 Å². The molecule has 35 heavy (non-hydrogen) atoms. The number of nitriles is 1. The lowest BCUT2D eigenvalue weighted by Gasteiger charge is -2.17. The molecule has 4 rings (SSSR count). The Morgan fingerprint density at radius 1 is 1.14 bits per heavy atom. The van der Waals surface area contributed by atoms with Crippen LogP contribution in [-0.4, -0.2) is 35.8 Å². The van der Waals surface area contributed by atoms with Gasteiger partial charge in [-0.05, 0) is 47.3 Å². The maximum absolute atomic E-state index is 13.1. The number of hydrogen-bond donors (Lipinski definition) is 3.